The van der Waals surface area contributed by atoms with Gasteiger partial charge in [0.15, 0.2) is 0 Å². The summed E-state index contributed by atoms with van der Waals surface area (Å²) in [6, 6.07) is 0. The largest absolute Gasteiger partial charge is 0.320 e. The number of rotatable bonds is 1. The summed E-state index contributed by atoms with van der Waals surface area (Å²) in [5, 5.41) is 0. The van der Waals surface area contributed by atoms with E-state index < -0.39 is 0 Å². The van der Waals surface area contributed by atoms with E-state index >= 15 is 0 Å². The molecule has 32 valence electrons. The van der Waals surface area contributed by atoms with Crippen molar-refractivity contribution in [3.63, 3.8) is 0 Å². The number of nitrogens with one attached hydrogen (secondary N) is 1. The lowest BCUT2D eigenvalue weighted by molar-refractivity contribution is 0.835. The molecule has 1 aliphatic carbocycles. The number of nitrogens with two attached hydrogens (primary N) is 1. The highest BCUT2D eigenvalue weighted by Gasteiger charge is 1.92. The maximum atomic E-state index is 4.96. The van der Waals surface area contributed by atoms with Crippen molar-refractivity contribution < 1.29 is 0 Å². The van der Waals surface area contributed by atoms with Crippen LogP contribution in [0.25, 0.3) is 0 Å². The van der Waals surface area contributed by atoms with Crippen molar-refractivity contribution in [2.75, 3.05) is 0 Å². The van der Waals surface area contributed by atoms with Gasteiger partial charge >= 0.3 is 0 Å². The predicted molar refractivity (Wildman–Crippen MR) is 23.5 cm³/mol. The van der Waals surface area contributed by atoms with Gasteiger partial charge in [-0.3, -0.25) is 5.84 Å². The van der Waals surface area contributed by atoms with E-state index in [9.17, 15) is 0 Å². The fraction of sp³-hybridized carbons (Fsp3) is 0.250. The molecule has 0 aromatic carbocycles. The molecular formula is C4H6N2. The van der Waals surface area contributed by atoms with Crippen molar-refractivity contribution in [1.82, 2.24) is 5.43 Å². The van der Waals surface area contributed by atoms with Crippen LogP contribution in [0.4, 0.5) is 0 Å². The normalized spacial score (nSPS) is 15.8. The first-order valence-electron chi connectivity index (χ1n) is 1.84. The Morgan fingerprint density at radius 2 is 2.67 bits per heavy atom. The summed E-state index contributed by atoms with van der Waals surface area (Å²) < 4.78 is 0. The minimum absolute atomic E-state index is 0.955. The Morgan fingerprint density at radius 1 is 2.00 bits per heavy atom. The molecule has 0 amide bonds. The van der Waals surface area contributed by atoms with E-state index in [1.807, 2.05) is 6.08 Å². The van der Waals surface area contributed by atoms with Gasteiger partial charge in [-0.15, -0.1) is 5.73 Å². The van der Waals surface area contributed by atoms with Crippen LogP contribution < -0.4 is 11.3 Å². The highest BCUT2D eigenvalue weighted by atomic mass is 15.2. The molecule has 2 heteroatoms. The third kappa shape index (κ3) is 0.322. The van der Waals surface area contributed by atoms with Crippen LogP contribution in [0.15, 0.2) is 17.5 Å². The molecule has 0 spiro atoms. The summed E-state index contributed by atoms with van der Waals surface area (Å²) >= 11 is 0. The van der Waals surface area contributed by atoms with Crippen molar-refractivity contribution in [3.05, 3.63) is 17.5 Å². The molecular weight excluding hydrogens is 76.1 g/mol. The average Bonchev–Trinajstić information content (AvgIpc) is 1.31. The zero-order chi connectivity index (χ0) is 4.41. The van der Waals surface area contributed by atoms with Crippen molar-refractivity contribution in [1.29, 1.82) is 0 Å². The molecule has 0 atom stereocenters. The first-order valence-corrected chi connectivity index (χ1v) is 1.84. The number of hydrazine groups is 1. The van der Waals surface area contributed by atoms with Gasteiger partial charge in [-0.1, -0.05) is 0 Å². The zero-order valence-corrected chi connectivity index (χ0v) is 3.36. The van der Waals surface area contributed by atoms with E-state index in [1.165, 1.54) is 0 Å². The molecule has 0 saturated heterocycles. The van der Waals surface area contributed by atoms with Gasteiger partial charge in [-0.05, 0) is 6.08 Å². The summed E-state index contributed by atoms with van der Waals surface area (Å²) in [5.41, 5.74) is 6.32. The van der Waals surface area contributed by atoms with Crippen LogP contribution in [0.5, 0.6) is 0 Å². The molecule has 0 aromatic rings. The van der Waals surface area contributed by atoms with E-state index in [0.717, 1.165) is 12.1 Å². The van der Waals surface area contributed by atoms with Crippen LogP contribution in [0.2, 0.25) is 0 Å². The van der Waals surface area contributed by atoms with E-state index in [4.69, 9.17) is 5.84 Å². The summed E-state index contributed by atoms with van der Waals surface area (Å²) in [6.45, 7) is 0. The molecule has 0 aromatic heterocycles. The van der Waals surface area contributed by atoms with Gasteiger partial charge in [0, 0.05) is 6.42 Å². The van der Waals surface area contributed by atoms with Gasteiger partial charge in [0.1, 0.15) is 0 Å². The van der Waals surface area contributed by atoms with Crippen LogP contribution in [-0.4, -0.2) is 0 Å². The third-order valence-corrected chi connectivity index (χ3v) is 0.757. The lowest BCUT2D eigenvalue weighted by Crippen LogP contribution is -2.21. The van der Waals surface area contributed by atoms with Gasteiger partial charge in [-0.2, -0.15) is 0 Å². The molecule has 0 bridgehead atoms. The molecule has 3 N–H and O–H groups in total. The lowest BCUT2D eigenvalue weighted by atomic mass is 10.2. The summed E-state index contributed by atoms with van der Waals surface area (Å²) in [6.07, 6.45) is 2.88. The Labute approximate surface area is 36.3 Å². The topological polar surface area (TPSA) is 38.0 Å². The van der Waals surface area contributed by atoms with E-state index in [-0.39, 0.29) is 0 Å². The Hall–Kier alpha value is -0.720. The van der Waals surface area contributed by atoms with Crippen LogP contribution >= 0.6 is 0 Å². The minimum atomic E-state index is 0.955. The molecule has 6 heavy (non-hydrogen) atoms. The van der Waals surface area contributed by atoms with Gasteiger partial charge in [0.2, 0.25) is 0 Å². The Morgan fingerprint density at radius 3 is 2.67 bits per heavy atom. The summed E-state index contributed by atoms with van der Waals surface area (Å²) in [5.74, 6) is 4.96. The van der Waals surface area contributed by atoms with Gasteiger partial charge < -0.3 is 5.43 Å². The average molecular weight is 82.1 g/mol. The monoisotopic (exact) mass is 82.1 g/mol. The van der Waals surface area contributed by atoms with Gasteiger partial charge in [0.25, 0.3) is 0 Å². The molecule has 0 radical (unpaired) electrons. The SMILES string of the molecule is NNC1=C=CC1. The quantitative estimate of drug-likeness (QED) is 0.263. The zero-order valence-electron chi connectivity index (χ0n) is 3.36. The molecule has 0 unspecified atom stereocenters. The highest BCUT2D eigenvalue weighted by molar-refractivity contribution is 5.12. The highest BCUT2D eigenvalue weighted by Crippen LogP contribution is 2.01. The Kier molecular flexibility index (Phi) is 0.675. The summed E-state index contributed by atoms with van der Waals surface area (Å²) in [4.78, 5) is 0. The van der Waals surface area contributed by atoms with Crippen molar-refractivity contribution in [2.45, 2.75) is 6.42 Å². The second-order valence-electron chi connectivity index (χ2n) is 1.18. The fourth-order valence-corrected chi connectivity index (χ4v) is 0.305. The van der Waals surface area contributed by atoms with Gasteiger partial charge in [0.05, 0.1) is 5.70 Å². The maximum absolute atomic E-state index is 4.96. The summed E-state index contributed by atoms with van der Waals surface area (Å²) in [7, 11) is 0. The smallest absolute Gasteiger partial charge is 0.0719 e. The van der Waals surface area contributed by atoms with Crippen molar-refractivity contribution >= 4 is 0 Å². The Bertz CT molecular complexity index is 109. The van der Waals surface area contributed by atoms with Crippen LogP contribution in [-0.2, 0) is 0 Å². The number of hydrogen-bond donors (Lipinski definition) is 2. The van der Waals surface area contributed by atoms with Crippen molar-refractivity contribution in [3.8, 4) is 0 Å². The third-order valence-electron chi connectivity index (χ3n) is 0.757. The molecule has 2 nitrogen and oxygen atoms in total. The maximum Gasteiger partial charge on any atom is 0.0719 e. The standard InChI is InChI=1S/C4H6N2/c5-6-4-2-1-3-4/h1,6H,2,5H2. The van der Waals surface area contributed by atoms with E-state index in [0.29, 0.717) is 0 Å². The molecule has 0 fully saturated rings. The second-order valence-corrected chi connectivity index (χ2v) is 1.18. The lowest BCUT2D eigenvalue weighted by Gasteiger charge is -2.02. The minimum Gasteiger partial charge on any atom is -0.320 e. The second kappa shape index (κ2) is 1.17. The predicted octanol–water partition coefficient (Wildman–Crippen LogP) is -0.108. The first kappa shape index (κ1) is 3.47. The van der Waals surface area contributed by atoms with E-state index in [2.05, 4.69) is 11.2 Å². The van der Waals surface area contributed by atoms with Crippen LogP contribution in [0.3, 0.4) is 0 Å². The van der Waals surface area contributed by atoms with Crippen LogP contribution in [0.1, 0.15) is 6.42 Å². The fourth-order valence-electron chi connectivity index (χ4n) is 0.305. The molecule has 1 aliphatic rings. The first-order chi connectivity index (χ1) is 2.93. The van der Waals surface area contributed by atoms with Crippen LogP contribution in [0, 0.1) is 0 Å². The Balaban J connectivity index is 2.54. The number of hydrogen-bond acceptors (Lipinski definition) is 2. The molecule has 1 rings (SSSR count). The molecule has 0 heterocycles. The van der Waals surface area contributed by atoms with E-state index in [1.54, 1.807) is 0 Å². The molecule has 0 saturated carbocycles. The van der Waals surface area contributed by atoms with Gasteiger partial charge in [-0.25, -0.2) is 0 Å². The molecule has 0 aliphatic heterocycles. The van der Waals surface area contributed by atoms with Crippen molar-refractivity contribution in [2.24, 2.45) is 5.84 Å².